The van der Waals surface area contributed by atoms with Crippen LogP contribution in [0.25, 0.3) is 0 Å². The van der Waals surface area contributed by atoms with Crippen LogP contribution in [0.1, 0.15) is 252 Å². The van der Waals surface area contributed by atoms with Gasteiger partial charge in [-0.3, -0.25) is 9.59 Å². The van der Waals surface area contributed by atoms with Gasteiger partial charge in [-0.15, -0.1) is 0 Å². The highest BCUT2D eigenvalue weighted by Gasteiger charge is 2.05. The minimum absolute atomic E-state index is 0.0444. The molecule has 0 unspecified atom stereocenters. The zero-order valence-electron chi connectivity index (χ0n) is 34.0. The maximum absolute atomic E-state index is 12.0. The number of carbonyl (C=O) groups excluding carboxylic acids is 2. The lowest BCUT2D eigenvalue weighted by atomic mass is 10.0. The van der Waals surface area contributed by atoms with Crippen molar-refractivity contribution < 1.29 is 19.1 Å². The van der Waals surface area contributed by atoms with Gasteiger partial charge in [-0.05, 0) is 37.5 Å². The highest BCUT2D eigenvalue weighted by atomic mass is 16.5. The third-order valence-corrected chi connectivity index (χ3v) is 10.1. The number of rotatable bonds is 40. The Kier molecular flexibility index (Phi) is 38.9. The van der Waals surface area contributed by atoms with Crippen molar-refractivity contribution in [2.75, 3.05) is 13.2 Å². The molecule has 0 saturated carbocycles. The Bertz CT molecular complexity index is 617. The summed E-state index contributed by atoms with van der Waals surface area (Å²) >= 11 is 0. The van der Waals surface area contributed by atoms with E-state index in [1.807, 2.05) is 0 Å². The Balaban J connectivity index is 3.25. The van der Waals surface area contributed by atoms with Gasteiger partial charge in [0.25, 0.3) is 0 Å². The molecule has 49 heavy (non-hydrogen) atoms. The SMILES string of the molecule is CC(C)CCCCCCCCCCCCCCCOC(=O)CCCCCCCC(=O)OCCCCCCCCCCCCCCCC(C)C. The van der Waals surface area contributed by atoms with Gasteiger partial charge in [0.05, 0.1) is 13.2 Å². The van der Waals surface area contributed by atoms with Gasteiger partial charge in [0.2, 0.25) is 0 Å². The van der Waals surface area contributed by atoms with E-state index in [9.17, 15) is 9.59 Å². The van der Waals surface area contributed by atoms with Gasteiger partial charge < -0.3 is 9.47 Å². The summed E-state index contributed by atoms with van der Waals surface area (Å²) in [6.45, 7) is 10.5. The van der Waals surface area contributed by atoms with Crippen LogP contribution in [0.15, 0.2) is 0 Å². The van der Waals surface area contributed by atoms with E-state index in [1.165, 1.54) is 167 Å². The molecule has 0 N–H and O–H groups in total. The molecule has 0 aliphatic heterocycles. The molecule has 0 aromatic carbocycles. The smallest absolute Gasteiger partial charge is 0.305 e. The molecule has 0 bridgehead atoms. The van der Waals surface area contributed by atoms with Gasteiger partial charge in [-0.2, -0.15) is 0 Å². The first-order valence-electron chi connectivity index (χ1n) is 22.2. The molecule has 0 saturated heterocycles. The standard InChI is InChI=1S/C45H88O4/c1-42(2)36-30-24-19-15-11-7-5-9-13-17-21-28-34-40-48-44(46)38-32-26-23-27-33-39-45(47)49-41-35-29-22-18-14-10-6-8-12-16-20-25-31-37-43(3)4/h42-43H,5-41H2,1-4H3. The van der Waals surface area contributed by atoms with Crippen molar-refractivity contribution in [2.24, 2.45) is 11.8 Å². The van der Waals surface area contributed by atoms with E-state index in [2.05, 4.69) is 27.7 Å². The Labute approximate surface area is 307 Å². The van der Waals surface area contributed by atoms with Crippen LogP contribution in [0, 0.1) is 11.8 Å². The number of carbonyl (C=O) groups is 2. The fourth-order valence-electron chi connectivity index (χ4n) is 6.78. The maximum atomic E-state index is 12.0. The lowest BCUT2D eigenvalue weighted by molar-refractivity contribution is -0.144. The van der Waals surface area contributed by atoms with Crippen molar-refractivity contribution in [3.05, 3.63) is 0 Å². The normalized spacial score (nSPS) is 11.6. The van der Waals surface area contributed by atoms with Gasteiger partial charge in [-0.25, -0.2) is 0 Å². The van der Waals surface area contributed by atoms with Crippen molar-refractivity contribution in [1.29, 1.82) is 0 Å². The molecule has 292 valence electrons. The number of ether oxygens (including phenoxy) is 2. The van der Waals surface area contributed by atoms with Gasteiger partial charge in [0.1, 0.15) is 0 Å². The van der Waals surface area contributed by atoms with Gasteiger partial charge in [-0.1, -0.05) is 214 Å². The van der Waals surface area contributed by atoms with Crippen LogP contribution >= 0.6 is 0 Å². The molecule has 0 aromatic heterocycles. The summed E-state index contributed by atoms with van der Waals surface area (Å²) in [5.74, 6) is 1.63. The fraction of sp³-hybridized carbons (Fsp3) is 0.956. The zero-order valence-corrected chi connectivity index (χ0v) is 34.0. The monoisotopic (exact) mass is 693 g/mol. The van der Waals surface area contributed by atoms with E-state index in [0.29, 0.717) is 26.1 Å². The van der Waals surface area contributed by atoms with Crippen molar-refractivity contribution >= 4 is 11.9 Å². The van der Waals surface area contributed by atoms with E-state index in [1.54, 1.807) is 0 Å². The number of unbranched alkanes of at least 4 members (excludes halogenated alkanes) is 28. The lowest BCUT2D eigenvalue weighted by Crippen LogP contribution is -2.06. The van der Waals surface area contributed by atoms with E-state index in [-0.39, 0.29) is 11.9 Å². The molecular formula is C45H88O4. The minimum atomic E-state index is -0.0444. The summed E-state index contributed by atoms with van der Waals surface area (Å²) in [6.07, 6.45) is 43.6. The molecule has 4 nitrogen and oxygen atoms in total. The average Bonchev–Trinajstić information content (AvgIpc) is 3.07. The predicted octanol–water partition coefficient (Wildman–Crippen LogP) is 15.0. The second-order valence-electron chi connectivity index (χ2n) is 16.3. The van der Waals surface area contributed by atoms with E-state index in [4.69, 9.17) is 9.47 Å². The molecule has 0 aromatic rings. The molecule has 0 atom stereocenters. The summed E-state index contributed by atoms with van der Waals surface area (Å²) < 4.78 is 10.9. The Morgan fingerprint density at radius 1 is 0.306 bits per heavy atom. The quantitative estimate of drug-likeness (QED) is 0.0474. The zero-order chi connectivity index (χ0) is 35.9. The summed E-state index contributed by atoms with van der Waals surface area (Å²) in [7, 11) is 0. The minimum Gasteiger partial charge on any atom is -0.466 e. The topological polar surface area (TPSA) is 52.6 Å². The molecule has 4 heteroatoms. The van der Waals surface area contributed by atoms with E-state index >= 15 is 0 Å². The molecular weight excluding hydrogens is 604 g/mol. The highest BCUT2D eigenvalue weighted by Crippen LogP contribution is 2.16. The molecule has 0 aliphatic rings. The van der Waals surface area contributed by atoms with Crippen LogP contribution in [-0.4, -0.2) is 25.2 Å². The first-order valence-corrected chi connectivity index (χ1v) is 22.2. The van der Waals surface area contributed by atoms with Crippen LogP contribution in [0.5, 0.6) is 0 Å². The summed E-state index contributed by atoms with van der Waals surface area (Å²) in [6, 6.07) is 0. The van der Waals surface area contributed by atoms with E-state index < -0.39 is 0 Å². The van der Waals surface area contributed by atoms with Crippen molar-refractivity contribution in [2.45, 2.75) is 252 Å². The molecule has 0 fully saturated rings. The van der Waals surface area contributed by atoms with Crippen LogP contribution < -0.4 is 0 Å². The first kappa shape index (κ1) is 47.9. The first-order chi connectivity index (χ1) is 23.9. The van der Waals surface area contributed by atoms with Crippen LogP contribution in [0.3, 0.4) is 0 Å². The number of hydrogen-bond donors (Lipinski definition) is 0. The average molecular weight is 693 g/mol. The third kappa shape index (κ3) is 43.0. The maximum Gasteiger partial charge on any atom is 0.305 e. The molecule has 0 radical (unpaired) electrons. The summed E-state index contributed by atoms with van der Waals surface area (Å²) in [5.41, 5.74) is 0. The second kappa shape index (κ2) is 39.7. The summed E-state index contributed by atoms with van der Waals surface area (Å²) in [4.78, 5) is 24.0. The van der Waals surface area contributed by atoms with Crippen LogP contribution in [-0.2, 0) is 19.1 Å². The van der Waals surface area contributed by atoms with Gasteiger partial charge in [0, 0.05) is 12.8 Å². The fourth-order valence-corrected chi connectivity index (χ4v) is 6.78. The van der Waals surface area contributed by atoms with Crippen molar-refractivity contribution in [3.8, 4) is 0 Å². The Morgan fingerprint density at radius 2 is 0.510 bits per heavy atom. The van der Waals surface area contributed by atoms with E-state index in [0.717, 1.165) is 56.8 Å². The van der Waals surface area contributed by atoms with Crippen LogP contribution in [0.4, 0.5) is 0 Å². The van der Waals surface area contributed by atoms with Gasteiger partial charge in [0.15, 0.2) is 0 Å². The molecule has 0 heterocycles. The molecule has 0 rings (SSSR count). The second-order valence-corrected chi connectivity index (χ2v) is 16.3. The highest BCUT2D eigenvalue weighted by molar-refractivity contribution is 5.69. The Morgan fingerprint density at radius 3 is 0.755 bits per heavy atom. The summed E-state index contributed by atoms with van der Waals surface area (Å²) in [5, 5.41) is 0. The van der Waals surface area contributed by atoms with Gasteiger partial charge >= 0.3 is 11.9 Å². The number of hydrogen-bond acceptors (Lipinski definition) is 4. The third-order valence-electron chi connectivity index (χ3n) is 10.1. The predicted molar refractivity (Wildman–Crippen MR) is 213 cm³/mol. The van der Waals surface area contributed by atoms with Crippen LogP contribution in [0.2, 0.25) is 0 Å². The lowest BCUT2D eigenvalue weighted by Gasteiger charge is -2.06. The largest absolute Gasteiger partial charge is 0.466 e. The van der Waals surface area contributed by atoms with Crippen molar-refractivity contribution in [3.63, 3.8) is 0 Å². The molecule has 0 spiro atoms. The number of esters is 2. The molecule has 0 aliphatic carbocycles. The molecule has 0 amide bonds. The van der Waals surface area contributed by atoms with Crippen molar-refractivity contribution in [1.82, 2.24) is 0 Å². The Hall–Kier alpha value is -1.06.